The Morgan fingerprint density at radius 3 is 2.18 bits per heavy atom. The van der Waals surface area contributed by atoms with E-state index in [2.05, 4.69) is 10.6 Å². The molecule has 0 radical (unpaired) electrons. The summed E-state index contributed by atoms with van der Waals surface area (Å²) in [4.78, 5) is 34.7. The van der Waals surface area contributed by atoms with Crippen LogP contribution in [-0.2, 0) is 14.3 Å². The summed E-state index contributed by atoms with van der Waals surface area (Å²) in [7, 11) is 0. The Bertz CT molecular complexity index is 976. The molecule has 2 aromatic rings. The van der Waals surface area contributed by atoms with E-state index < -0.39 is 36.1 Å². The van der Waals surface area contributed by atoms with E-state index in [4.69, 9.17) is 9.84 Å². The van der Waals surface area contributed by atoms with Crippen molar-refractivity contribution in [2.24, 2.45) is 0 Å². The number of nitrogens with one attached hydrogen (secondary N) is 2. The highest BCUT2D eigenvalue weighted by Gasteiger charge is 2.29. The summed E-state index contributed by atoms with van der Waals surface area (Å²) < 4.78 is 5.37. The number of aliphatic hydroxyl groups excluding tert-OH is 1. The molecule has 0 saturated heterocycles. The fourth-order valence-electron chi connectivity index (χ4n) is 3.89. The van der Waals surface area contributed by atoms with Gasteiger partial charge < -0.3 is 30.7 Å². The van der Waals surface area contributed by atoms with Gasteiger partial charge in [-0.2, -0.15) is 0 Å². The van der Waals surface area contributed by atoms with Gasteiger partial charge in [0, 0.05) is 19.0 Å². The fraction of sp³-hybridized carbons (Fsp3) is 0.375. The standard InChI is InChI=1S/C24H28N2O7/c1-24(32,11-22(29)30)14-26-21(28)10-15(27)12-25-23(31)33-13-20-18-8-4-2-6-16(18)17-7-3-5-9-19(17)20/h2-9,15,20,27,32H,10-14H2,1H3,(H,25,31)(H,26,28)(H,29,30). The Hall–Kier alpha value is -3.43. The van der Waals surface area contributed by atoms with Crippen LogP contribution in [0.4, 0.5) is 4.79 Å². The number of aliphatic carboxylic acids is 1. The van der Waals surface area contributed by atoms with E-state index in [0.717, 1.165) is 22.3 Å². The number of fused-ring (bicyclic) bond motifs is 3. The highest BCUT2D eigenvalue weighted by atomic mass is 16.5. The number of carboxylic acid groups (broad SMARTS) is 1. The van der Waals surface area contributed by atoms with Crippen molar-refractivity contribution in [2.45, 2.75) is 37.4 Å². The second-order valence-corrected chi connectivity index (χ2v) is 8.41. The lowest BCUT2D eigenvalue weighted by atomic mass is 9.98. The molecule has 9 nitrogen and oxygen atoms in total. The lowest BCUT2D eigenvalue weighted by Gasteiger charge is -2.22. The van der Waals surface area contributed by atoms with Gasteiger partial charge in [0.1, 0.15) is 6.61 Å². The van der Waals surface area contributed by atoms with Gasteiger partial charge in [-0.25, -0.2) is 4.79 Å². The molecule has 5 N–H and O–H groups in total. The average Bonchev–Trinajstić information content (AvgIpc) is 3.08. The smallest absolute Gasteiger partial charge is 0.407 e. The van der Waals surface area contributed by atoms with Gasteiger partial charge in [-0.3, -0.25) is 9.59 Å². The van der Waals surface area contributed by atoms with E-state index in [9.17, 15) is 24.6 Å². The van der Waals surface area contributed by atoms with Crippen LogP contribution < -0.4 is 10.6 Å². The highest BCUT2D eigenvalue weighted by molar-refractivity contribution is 5.79. The Morgan fingerprint density at radius 2 is 1.61 bits per heavy atom. The zero-order valence-electron chi connectivity index (χ0n) is 18.3. The van der Waals surface area contributed by atoms with Gasteiger partial charge in [0.2, 0.25) is 5.91 Å². The molecule has 1 aliphatic carbocycles. The minimum Gasteiger partial charge on any atom is -0.481 e. The van der Waals surface area contributed by atoms with Crippen molar-refractivity contribution in [3.63, 3.8) is 0 Å². The first kappa shape index (κ1) is 24.2. The molecule has 0 spiro atoms. The third-order valence-electron chi connectivity index (χ3n) is 5.45. The molecule has 0 fully saturated rings. The molecule has 0 aromatic heterocycles. The van der Waals surface area contributed by atoms with Crippen LogP contribution in [0.2, 0.25) is 0 Å². The zero-order valence-corrected chi connectivity index (χ0v) is 18.3. The number of ether oxygens (including phenoxy) is 1. The number of benzene rings is 2. The van der Waals surface area contributed by atoms with E-state index in [1.807, 2.05) is 48.5 Å². The van der Waals surface area contributed by atoms with Gasteiger partial charge in [0.05, 0.1) is 24.5 Å². The normalized spacial score (nSPS) is 15.0. The molecule has 2 atom stereocenters. The Labute approximate surface area is 191 Å². The second kappa shape index (κ2) is 10.5. The van der Waals surface area contributed by atoms with Gasteiger partial charge in [-0.15, -0.1) is 0 Å². The van der Waals surface area contributed by atoms with E-state index >= 15 is 0 Å². The molecule has 3 rings (SSSR count). The SMILES string of the molecule is CC(O)(CNC(=O)CC(O)CNC(=O)OCC1c2ccccc2-c2ccccc21)CC(=O)O. The van der Waals surface area contributed by atoms with Crippen molar-refractivity contribution in [2.75, 3.05) is 19.7 Å². The van der Waals surface area contributed by atoms with Gasteiger partial charge in [-0.1, -0.05) is 48.5 Å². The minimum absolute atomic E-state index is 0.0857. The maximum absolute atomic E-state index is 12.1. The van der Waals surface area contributed by atoms with Crippen LogP contribution in [-0.4, -0.2) is 64.7 Å². The number of carbonyl (C=O) groups is 3. The number of amides is 2. The first-order chi connectivity index (χ1) is 15.7. The van der Waals surface area contributed by atoms with E-state index in [-0.39, 0.29) is 32.0 Å². The number of hydrogen-bond acceptors (Lipinski definition) is 6. The lowest BCUT2D eigenvalue weighted by molar-refractivity contribution is -0.142. The van der Waals surface area contributed by atoms with Crippen LogP contribution in [0.15, 0.2) is 48.5 Å². The summed E-state index contributed by atoms with van der Waals surface area (Å²) in [5.74, 6) is -1.86. The van der Waals surface area contributed by atoms with E-state index in [1.54, 1.807) is 0 Å². The Morgan fingerprint density at radius 1 is 1.03 bits per heavy atom. The van der Waals surface area contributed by atoms with Crippen LogP contribution in [0.1, 0.15) is 36.8 Å². The molecule has 2 unspecified atom stereocenters. The highest BCUT2D eigenvalue weighted by Crippen LogP contribution is 2.44. The maximum Gasteiger partial charge on any atom is 0.407 e. The average molecular weight is 456 g/mol. The molecule has 2 amide bonds. The van der Waals surface area contributed by atoms with Crippen LogP contribution >= 0.6 is 0 Å². The first-order valence-corrected chi connectivity index (χ1v) is 10.6. The summed E-state index contributed by atoms with van der Waals surface area (Å²) in [6.07, 6.45) is -2.73. The number of carbonyl (C=O) groups excluding carboxylic acids is 2. The quantitative estimate of drug-likeness (QED) is 0.365. The largest absolute Gasteiger partial charge is 0.481 e. The van der Waals surface area contributed by atoms with Crippen LogP contribution in [0.3, 0.4) is 0 Å². The van der Waals surface area contributed by atoms with Crippen molar-refractivity contribution in [3.05, 3.63) is 59.7 Å². The molecule has 33 heavy (non-hydrogen) atoms. The maximum atomic E-state index is 12.1. The molecule has 0 heterocycles. The summed E-state index contributed by atoms with van der Waals surface area (Å²) >= 11 is 0. The molecular weight excluding hydrogens is 428 g/mol. The molecule has 9 heteroatoms. The lowest BCUT2D eigenvalue weighted by Crippen LogP contribution is -2.43. The Balaban J connectivity index is 1.43. The number of hydrogen-bond donors (Lipinski definition) is 5. The monoisotopic (exact) mass is 456 g/mol. The number of carboxylic acids is 1. The van der Waals surface area contributed by atoms with E-state index in [1.165, 1.54) is 6.92 Å². The van der Waals surface area contributed by atoms with Crippen molar-refractivity contribution >= 4 is 18.0 Å². The topological polar surface area (TPSA) is 145 Å². The zero-order chi connectivity index (χ0) is 24.0. The van der Waals surface area contributed by atoms with Crippen molar-refractivity contribution in [1.29, 1.82) is 0 Å². The fourth-order valence-corrected chi connectivity index (χ4v) is 3.89. The van der Waals surface area contributed by atoms with Crippen LogP contribution in [0.5, 0.6) is 0 Å². The van der Waals surface area contributed by atoms with Crippen LogP contribution in [0.25, 0.3) is 11.1 Å². The number of rotatable bonds is 10. The molecule has 1 aliphatic rings. The van der Waals surface area contributed by atoms with E-state index in [0.29, 0.717) is 0 Å². The van der Waals surface area contributed by atoms with Crippen molar-refractivity contribution in [3.8, 4) is 11.1 Å². The second-order valence-electron chi connectivity index (χ2n) is 8.41. The van der Waals surface area contributed by atoms with Gasteiger partial charge in [-0.05, 0) is 29.2 Å². The van der Waals surface area contributed by atoms with Gasteiger partial charge in [0.15, 0.2) is 0 Å². The summed E-state index contributed by atoms with van der Waals surface area (Å²) in [5.41, 5.74) is 2.80. The molecule has 2 aromatic carbocycles. The van der Waals surface area contributed by atoms with Gasteiger partial charge >= 0.3 is 12.1 Å². The molecule has 0 aliphatic heterocycles. The van der Waals surface area contributed by atoms with Crippen molar-refractivity contribution in [1.82, 2.24) is 10.6 Å². The predicted molar refractivity (Wildman–Crippen MR) is 120 cm³/mol. The third kappa shape index (κ3) is 6.53. The number of aliphatic hydroxyl groups is 2. The molecule has 176 valence electrons. The third-order valence-corrected chi connectivity index (χ3v) is 5.45. The minimum atomic E-state index is -1.61. The summed E-state index contributed by atoms with van der Waals surface area (Å²) in [6, 6.07) is 15.9. The molecule has 0 bridgehead atoms. The molecule has 0 saturated carbocycles. The summed E-state index contributed by atoms with van der Waals surface area (Å²) in [6.45, 7) is 0.950. The Kier molecular flexibility index (Phi) is 7.67. The molecular formula is C24H28N2O7. The first-order valence-electron chi connectivity index (χ1n) is 10.6. The summed E-state index contributed by atoms with van der Waals surface area (Å²) in [5, 5.41) is 33.4. The van der Waals surface area contributed by atoms with Crippen molar-refractivity contribution < 1.29 is 34.4 Å². The number of alkyl carbamates (subject to hydrolysis) is 1. The van der Waals surface area contributed by atoms with Gasteiger partial charge in [0.25, 0.3) is 0 Å². The van der Waals surface area contributed by atoms with Crippen LogP contribution in [0, 0.1) is 0 Å². The predicted octanol–water partition coefficient (Wildman–Crippen LogP) is 1.62.